The Balaban J connectivity index is 2.49. The summed E-state index contributed by atoms with van der Waals surface area (Å²) in [4.78, 5) is 26.8. The summed E-state index contributed by atoms with van der Waals surface area (Å²) in [6, 6.07) is 3.44. The third kappa shape index (κ3) is 4.10. The number of unbranched alkanes of at least 4 members (excludes halogenated alkanes) is 1. The quantitative estimate of drug-likeness (QED) is 0.683. The highest BCUT2D eigenvalue weighted by atomic mass is 32.2. The van der Waals surface area contributed by atoms with Gasteiger partial charge in [-0.2, -0.15) is 5.10 Å². The lowest BCUT2D eigenvalue weighted by Gasteiger charge is -2.38. The van der Waals surface area contributed by atoms with Crippen LogP contribution in [-0.4, -0.2) is 20.4 Å². The largest absolute Gasteiger partial charge is 0.810 e. The zero-order valence-corrected chi connectivity index (χ0v) is 14.5. The van der Waals surface area contributed by atoms with E-state index in [1.54, 1.807) is 18.3 Å². The molecule has 0 spiro atoms. The van der Waals surface area contributed by atoms with Crippen molar-refractivity contribution in [1.82, 2.24) is 14.6 Å². The summed E-state index contributed by atoms with van der Waals surface area (Å²) in [5.41, 5.74) is 1.80. The van der Waals surface area contributed by atoms with E-state index in [0.717, 1.165) is 43.1 Å². The van der Waals surface area contributed by atoms with Crippen molar-refractivity contribution in [2.24, 2.45) is 0 Å². The first-order valence-electron chi connectivity index (χ1n) is 7.44. The highest BCUT2D eigenvalue weighted by Gasteiger charge is 2.21. The number of hydrogen-bond donors (Lipinski definition) is 0. The first-order valence-corrected chi connectivity index (χ1v) is 10.1. The Morgan fingerprint density at radius 1 is 1.36 bits per heavy atom. The van der Waals surface area contributed by atoms with Gasteiger partial charge in [0.05, 0.1) is 16.9 Å². The SMILES string of the molecule is CCCCc1cc(C(SCCC)P(=O)([O-])[O-])n2nccc2n1. The Kier molecular flexibility index (Phi) is 6.03. The molecule has 2 aromatic rings. The van der Waals surface area contributed by atoms with Crippen LogP contribution in [0.15, 0.2) is 18.3 Å². The molecule has 2 rings (SSSR count). The molecular weight excluding hydrogens is 321 g/mol. The maximum Gasteiger partial charge on any atom is 0.155 e. The monoisotopic (exact) mass is 341 g/mol. The summed E-state index contributed by atoms with van der Waals surface area (Å²) in [6.45, 7) is 4.04. The average molecular weight is 341 g/mol. The zero-order chi connectivity index (χ0) is 16.2. The van der Waals surface area contributed by atoms with Crippen molar-refractivity contribution < 1.29 is 14.4 Å². The summed E-state index contributed by atoms with van der Waals surface area (Å²) >= 11 is 1.16. The molecule has 1 atom stereocenters. The maximum absolute atomic E-state index is 11.7. The van der Waals surface area contributed by atoms with Crippen molar-refractivity contribution >= 4 is 25.0 Å². The molecule has 0 aliphatic rings. The van der Waals surface area contributed by atoms with E-state index in [1.165, 1.54) is 4.52 Å². The molecule has 0 bridgehead atoms. The van der Waals surface area contributed by atoms with Crippen molar-refractivity contribution in [2.45, 2.75) is 44.5 Å². The van der Waals surface area contributed by atoms with Crippen LogP contribution in [0.1, 0.15) is 49.5 Å². The predicted molar refractivity (Wildman–Crippen MR) is 84.7 cm³/mol. The molecule has 8 heteroatoms. The minimum atomic E-state index is -4.78. The minimum Gasteiger partial charge on any atom is -0.810 e. The fourth-order valence-corrected chi connectivity index (χ4v) is 4.57. The molecule has 0 fully saturated rings. The molecule has 6 nitrogen and oxygen atoms in total. The molecule has 0 aliphatic heterocycles. The molecule has 122 valence electrons. The fourth-order valence-electron chi connectivity index (χ4n) is 2.22. The third-order valence-corrected chi connectivity index (χ3v) is 6.51. The molecular formula is C14H20N3O3PS-2. The van der Waals surface area contributed by atoms with Gasteiger partial charge in [0, 0.05) is 11.8 Å². The van der Waals surface area contributed by atoms with Gasteiger partial charge >= 0.3 is 0 Å². The average Bonchev–Trinajstić information content (AvgIpc) is 2.92. The zero-order valence-electron chi connectivity index (χ0n) is 12.8. The number of hydrogen-bond acceptors (Lipinski definition) is 6. The standard InChI is InChI=1S/C14H22N3O3PS/c1-3-5-6-11-10-12(17-13(16-11)7-8-15-17)14(21(18,19)20)22-9-4-2/h7-8,10,14H,3-6,9H2,1-2H3,(H2,18,19,20)/p-2. The molecule has 0 aliphatic carbocycles. The summed E-state index contributed by atoms with van der Waals surface area (Å²) in [6.07, 6.45) is 5.13. The van der Waals surface area contributed by atoms with Gasteiger partial charge in [-0.3, -0.25) is 0 Å². The highest BCUT2D eigenvalue weighted by Crippen LogP contribution is 2.52. The van der Waals surface area contributed by atoms with Crippen molar-refractivity contribution in [3.05, 3.63) is 29.7 Å². The van der Waals surface area contributed by atoms with E-state index in [2.05, 4.69) is 17.0 Å². The molecule has 1 unspecified atom stereocenters. The Morgan fingerprint density at radius 2 is 2.14 bits per heavy atom. The van der Waals surface area contributed by atoms with E-state index in [4.69, 9.17) is 0 Å². The summed E-state index contributed by atoms with van der Waals surface area (Å²) < 4.78 is 13.2. The van der Waals surface area contributed by atoms with Crippen LogP contribution in [-0.2, 0) is 11.0 Å². The number of rotatable bonds is 8. The van der Waals surface area contributed by atoms with E-state index in [0.29, 0.717) is 17.1 Å². The summed E-state index contributed by atoms with van der Waals surface area (Å²) in [5, 5.41) is 4.12. The van der Waals surface area contributed by atoms with Crippen molar-refractivity contribution in [3.63, 3.8) is 0 Å². The van der Waals surface area contributed by atoms with Crippen LogP contribution in [0.3, 0.4) is 0 Å². The van der Waals surface area contributed by atoms with Gasteiger partial charge in [0.2, 0.25) is 0 Å². The second-order valence-electron chi connectivity index (χ2n) is 5.14. The minimum absolute atomic E-state index is 0.410. The second kappa shape index (κ2) is 7.59. The molecule has 0 saturated carbocycles. The fraction of sp³-hybridized carbons (Fsp3) is 0.571. The van der Waals surface area contributed by atoms with Crippen LogP contribution in [0.4, 0.5) is 0 Å². The van der Waals surface area contributed by atoms with Gasteiger partial charge in [-0.1, -0.05) is 20.3 Å². The molecule has 22 heavy (non-hydrogen) atoms. The highest BCUT2D eigenvalue weighted by molar-refractivity contribution is 8.04. The number of aromatic nitrogens is 3. The molecule has 0 N–H and O–H groups in total. The van der Waals surface area contributed by atoms with Gasteiger partial charge in [-0.05, 0) is 38.7 Å². The smallest absolute Gasteiger partial charge is 0.155 e. The molecule has 0 saturated heterocycles. The number of aryl methyl sites for hydroxylation is 1. The van der Waals surface area contributed by atoms with E-state index in [-0.39, 0.29) is 0 Å². The first kappa shape index (κ1) is 17.5. The first-order chi connectivity index (χ1) is 10.5. The topological polar surface area (TPSA) is 93.4 Å². The Hall–Kier alpha value is -0.880. The van der Waals surface area contributed by atoms with Crippen LogP contribution < -0.4 is 9.79 Å². The van der Waals surface area contributed by atoms with Gasteiger partial charge in [0.1, 0.15) is 0 Å². The van der Waals surface area contributed by atoms with Crippen LogP contribution in [0.25, 0.3) is 5.65 Å². The lowest BCUT2D eigenvalue weighted by atomic mass is 10.2. The van der Waals surface area contributed by atoms with Crippen LogP contribution in [0.5, 0.6) is 0 Å². The van der Waals surface area contributed by atoms with Crippen molar-refractivity contribution in [2.75, 3.05) is 5.75 Å². The predicted octanol–water partition coefficient (Wildman–Crippen LogP) is 2.13. The molecule has 0 radical (unpaired) electrons. The van der Waals surface area contributed by atoms with E-state index in [1.807, 2.05) is 6.92 Å². The summed E-state index contributed by atoms with van der Waals surface area (Å²) in [7, 11) is -4.78. The van der Waals surface area contributed by atoms with Gasteiger partial charge in [-0.15, -0.1) is 11.8 Å². The molecule has 0 aromatic carbocycles. The van der Waals surface area contributed by atoms with Crippen molar-refractivity contribution in [1.29, 1.82) is 0 Å². The number of thioether (sulfide) groups is 1. The van der Waals surface area contributed by atoms with Gasteiger partial charge in [0.15, 0.2) is 5.65 Å². The maximum atomic E-state index is 11.7. The van der Waals surface area contributed by atoms with E-state index < -0.39 is 12.6 Å². The van der Waals surface area contributed by atoms with Gasteiger partial charge < -0.3 is 14.4 Å². The summed E-state index contributed by atoms with van der Waals surface area (Å²) in [5.74, 6) is 0.606. The van der Waals surface area contributed by atoms with Crippen LogP contribution in [0.2, 0.25) is 0 Å². The van der Waals surface area contributed by atoms with Crippen LogP contribution in [0, 0.1) is 0 Å². The third-order valence-electron chi connectivity index (χ3n) is 3.25. The lowest BCUT2D eigenvalue weighted by molar-refractivity contribution is -0.314. The second-order valence-corrected chi connectivity index (χ2v) is 8.30. The number of fused-ring (bicyclic) bond motifs is 1. The van der Waals surface area contributed by atoms with Gasteiger partial charge in [0.25, 0.3) is 0 Å². The lowest BCUT2D eigenvalue weighted by Crippen LogP contribution is -2.21. The van der Waals surface area contributed by atoms with E-state index >= 15 is 0 Å². The van der Waals surface area contributed by atoms with E-state index in [9.17, 15) is 14.4 Å². The Bertz CT molecular complexity index is 670. The number of nitrogens with zero attached hydrogens (tertiary/aromatic N) is 3. The van der Waals surface area contributed by atoms with Crippen LogP contribution >= 0.6 is 19.4 Å². The molecule has 2 heterocycles. The van der Waals surface area contributed by atoms with Gasteiger partial charge in [-0.25, -0.2) is 9.50 Å². The normalized spacial score (nSPS) is 13.6. The Morgan fingerprint density at radius 3 is 2.77 bits per heavy atom. The molecule has 0 amide bonds. The van der Waals surface area contributed by atoms with Crippen molar-refractivity contribution in [3.8, 4) is 0 Å². The Labute approximate surface area is 134 Å². The molecule has 2 aromatic heterocycles.